The topological polar surface area (TPSA) is 0 Å². The molecule has 0 radical (unpaired) electrons. The van der Waals surface area contributed by atoms with Crippen LogP contribution in [0, 0.1) is 65.6 Å². The predicted molar refractivity (Wildman–Crippen MR) is 134 cm³/mol. The summed E-state index contributed by atoms with van der Waals surface area (Å²) in [4.78, 5) is 0. The van der Waals surface area contributed by atoms with Crippen LogP contribution in [-0.2, 0) is 0 Å². The van der Waals surface area contributed by atoms with Gasteiger partial charge in [0.05, 0.1) is 0 Å². The Morgan fingerprint density at radius 1 is 1.00 bits per heavy atom. The van der Waals surface area contributed by atoms with Gasteiger partial charge in [-0.05, 0) is 111 Å². The third-order valence-corrected chi connectivity index (χ3v) is 10.3. The van der Waals surface area contributed by atoms with E-state index in [0.29, 0.717) is 5.41 Å². The van der Waals surface area contributed by atoms with Crippen LogP contribution in [0.2, 0.25) is 0 Å². The summed E-state index contributed by atoms with van der Waals surface area (Å²) in [5.41, 5.74) is 1.42. The average molecular weight is 661 g/mol. The number of rotatable bonds is 4. The van der Waals surface area contributed by atoms with Crippen molar-refractivity contribution in [3.63, 3.8) is 0 Å². The molecule has 4 aliphatic carbocycles. The van der Waals surface area contributed by atoms with Crippen LogP contribution in [0.5, 0.6) is 0 Å². The van der Waals surface area contributed by atoms with E-state index in [4.69, 9.17) is 0 Å². The van der Waals surface area contributed by atoms with Crippen molar-refractivity contribution in [2.24, 2.45) is 46.3 Å². The van der Waals surface area contributed by atoms with Crippen LogP contribution >= 0.6 is 0 Å². The fraction of sp³-hybridized carbons (Fsp3) is 0.900. The Balaban J connectivity index is 0.000000740. The molecule has 0 aromatic carbocycles. The zero-order valence-corrected chi connectivity index (χ0v) is 24.7. The van der Waals surface area contributed by atoms with E-state index in [2.05, 4.69) is 40.0 Å². The molecule has 8 atom stereocenters. The van der Waals surface area contributed by atoms with Gasteiger partial charge >= 0.3 is 0 Å². The van der Waals surface area contributed by atoms with Crippen LogP contribution in [0.1, 0.15) is 125 Å². The van der Waals surface area contributed by atoms with E-state index < -0.39 is 0 Å². The van der Waals surface area contributed by atoms with Crippen molar-refractivity contribution in [2.75, 3.05) is 0 Å². The molecular weight excluding hydrogens is 607 g/mol. The van der Waals surface area contributed by atoms with Crippen molar-refractivity contribution in [3.05, 3.63) is 6.92 Å². The van der Waals surface area contributed by atoms with Gasteiger partial charge in [0.2, 0.25) is 0 Å². The summed E-state index contributed by atoms with van der Waals surface area (Å²) in [7, 11) is 0. The second-order valence-electron chi connectivity index (χ2n) is 11.2. The first-order valence-electron chi connectivity index (χ1n) is 13.6. The first-order valence-corrected chi connectivity index (χ1v) is 13.6. The standard InChI is InChI=1S/C25H43.C3H4.C2H6.Cm/c1-5-7-8-19-10-12-23-21-11-9-20-17-18(3)13-15-24(20,4)22(21)14-16-25(19,23)6-2;1-3-2;1-2;/h18-23H,1,5-17H2,2-4H3;1H,2H3;1-2H3;/q-1;;;. The van der Waals surface area contributed by atoms with E-state index in [1.807, 2.05) is 13.8 Å². The number of fused-ring (bicyclic) bond motifs is 5. The first kappa shape index (κ1) is 27.6. The van der Waals surface area contributed by atoms with Gasteiger partial charge in [0.25, 0.3) is 0 Å². The molecule has 0 aromatic heterocycles. The van der Waals surface area contributed by atoms with Gasteiger partial charge in [-0.3, -0.25) is 0 Å². The molecule has 0 nitrogen and oxygen atoms in total. The summed E-state index contributed by atoms with van der Waals surface area (Å²) in [6.45, 7) is 17.6. The SMILES string of the molecule is C#CC.CC.[CH2-]CCCC1CCC2C3CCC4CC(C)CCC4(C)C3CCC12CC.[Cm]. The van der Waals surface area contributed by atoms with E-state index in [1.54, 1.807) is 45.4 Å². The summed E-state index contributed by atoms with van der Waals surface area (Å²) in [5, 5.41) is 0. The molecule has 8 unspecified atom stereocenters. The Morgan fingerprint density at radius 2 is 1.68 bits per heavy atom. The Kier molecular flexibility index (Phi) is 10.7. The number of hydrogen-bond acceptors (Lipinski definition) is 0. The van der Waals surface area contributed by atoms with E-state index in [-0.39, 0.29) is 0 Å². The van der Waals surface area contributed by atoms with E-state index in [9.17, 15) is 0 Å². The van der Waals surface area contributed by atoms with Crippen molar-refractivity contribution in [2.45, 2.75) is 125 Å². The van der Waals surface area contributed by atoms with Crippen LogP contribution in [-0.4, -0.2) is 0 Å². The summed E-state index contributed by atoms with van der Waals surface area (Å²) < 4.78 is 0. The summed E-state index contributed by atoms with van der Waals surface area (Å²) in [5.74, 6) is 8.54. The second kappa shape index (κ2) is 12.0. The Bertz CT molecular complexity index is 547. The maximum Gasteiger partial charge on any atom is 0 e. The molecule has 4 saturated carbocycles. The van der Waals surface area contributed by atoms with Crippen molar-refractivity contribution in [1.29, 1.82) is 0 Å². The van der Waals surface area contributed by atoms with Crippen LogP contribution < -0.4 is 0 Å². The molecule has 0 heterocycles. The third kappa shape index (κ3) is 4.99. The molecule has 0 N–H and O–H groups in total. The molecule has 0 saturated heterocycles. The van der Waals surface area contributed by atoms with Gasteiger partial charge in [0.15, 0.2) is 0 Å². The third-order valence-electron chi connectivity index (χ3n) is 10.3. The van der Waals surface area contributed by atoms with E-state index >= 15 is 0 Å². The predicted octanol–water partition coefficient (Wildman–Crippen LogP) is 9.34. The van der Waals surface area contributed by atoms with Crippen molar-refractivity contribution in [1.82, 2.24) is 0 Å². The van der Waals surface area contributed by atoms with E-state index in [0.717, 1.165) is 47.3 Å². The maximum absolute atomic E-state index is 4.60. The van der Waals surface area contributed by atoms with Crippen LogP contribution in [0.25, 0.3) is 0 Å². The second-order valence-corrected chi connectivity index (χ2v) is 11.2. The monoisotopic (exact) mass is 656 g/mol. The summed E-state index contributed by atoms with van der Waals surface area (Å²) in [6, 6.07) is 0. The van der Waals surface area contributed by atoms with E-state index in [1.165, 1.54) is 38.5 Å². The molecule has 31 heavy (non-hydrogen) atoms. The normalized spacial score (nSPS) is 42.6. The van der Waals surface area contributed by atoms with Crippen molar-refractivity contribution >= 4 is 0 Å². The molecule has 1 heteroatoms. The molecule has 0 aliphatic heterocycles. The molecule has 4 fully saturated rings. The fourth-order valence-electron chi connectivity index (χ4n) is 8.94. The molecular formula is C30H53Cm-. The fourth-order valence-corrected chi connectivity index (χ4v) is 8.94. The van der Waals surface area contributed by atoms with Gasteiger partial charge in [-0.25, -0.2) is 0 Å². The molecule has 4 aliphatic rings. The molecule has 182 valence electrons. The zero-order valence-electron chi connectivity index (χ0n) is 21.8. The maximum atomic E-state index is 4.60. The molecule has 0 aromatic rings. The molecule has 4 rings (SSSR count). The minimum Gasteiger partial charge on any atom is -0.343 e. The van der Waals surface area contributed by atoms with Gasteiger partial charge in [0.1, 0.15) is 0 Å². The van der Waals surface area contributed by atoms with Gasteiger partial charge in [-0.1, -0.05) is 53.9 Å². The molecule has 0 spiro atoms. The summed E-state index contributed by atoms with van der Waals surface area (Å²) >= 11 is 0. The molecule has 0 bridgehead atoms. The van der Waals surface area contributed by atoms with Crippen LogP contribution in [0.3, 0.4) is 0 Å². The minimum atomic E-state index is 0. The zero-order chi connectivity index (χ0) is 22.4. The van der Waals surface area contributed by atoms with Gasteiger partial charge in [-0.2, -0.15) is 6.42 Å². The molecule has 0 amide bonds. The number of hydrogen-bond donors (Lipinski definition) is 0. The number of unbranched alkanes of at least 4 members (excludes halogenated alkanes) is 1. The Hall–Kier alpha value is -1.44. The summed E-state index contributed by atoms with van der Waals surface area (Å²) in [6.07, 6.45) is 24.0. The average Bonchev–Trinajstić information content (AvgIpc) is 3.14. The first-order chi connectivity index (χ1) is 14.5. The Labute approximate surface area is 190 Å². The van der Waals surface area contributed by atoms with Gasteiger partial charge < -0.3 is 6.92 Å². The van der Waals surface area contributed by atoms with Gasteiger partial charge in [0, 0.05) is 0 Å². The van der Waals surface area contributed by atoms with Crippen LogP contribution in [0.4, 0.5) is 0 Å². The van der Waals surface area contributed by atoms with Crippen molar-refractivity contribution < 1.29 is 0 Å². The Morgan fingerprint density at radius 3 is 2.29 bits per heavy atom. The smallest absolute Gasteiger partial charge is 0 e. The quantitative estimate of drug-likeness (QED) is 0.208. The largest absolute Gasteiger partial charge is 0.343 e. The number of terminal acetylenes is 1. The minimum absolute atomic E-state index is 0. The van der Waals surface area contributed by atoms with Crippen molar-refractivity contribution in [3.8, 4) is 12.3 Å². The van der Waals surface area contributed by atoms with Crippen LogP contribution in [0.15, 0.2) is 0 Å². The van der Waals surface area contributed by atoms with Gasteiger partial charge in [-0.15, -0.1) is 12.3 Å².